The summed E-state index contributed by atoms with van der Waals surface area (Å²) in [4.78, 5) is 12.4. The molecule has 4 heteroatoms. The fourth-order valence-corrected chi connectivity index (χ4v) is 3.66. The van der Waals surface area contributed by atoms with Gasteiger partial charge in [-0.1, -0.05) is 44.0 Å². The van der Waals surface area contributed by atoms with Crippen LogP contribution in [0.2, 0.25) is 0 Å². The van der Waals surface area contributed by atoms with Crippen LogP contribution < -0.4 is 9.47 Å². The van der Waals surface area contributed by atoms with Crippen molar-refractivity contribution in [2.75, 3.05) is 0 Å². The molecule has 0 aliphatic rings. The molecule has 33 heavy (non-hydrogen) atoms. The summed E-state index contributed by atoms with van der Waals surface area (Å²) in [7, 11) is 0. The van der Waals surface area contributed by atoms with Crippen molar-refractivity contribution in [3.8, 4) is 22.6 Å². The van der Waals surface area contributed by atoms with Gasteiger partial charge in [0.2, 0.25) is 0 Å². The number of halogens is 1. The van der Waals surface area contributed by atoms with E-state index in [1.807, 2.05) is 58.0 Å². The van der Waals surface area contributed by atoms with E-state index in [0.717, 1.165) is 47.9 Å². The highest BCUT2D eigenvalue weighted by Gasteiger charge is 2.21. The lowest BCUT2D eigenvalue weighted by atomic mass is 10.00. The maximum atomic E-state index is 14.8. The van der Waals surface area contributed by atoms with E-state index < -0.39 is 11.6 Å². The van der Waals surface area contributed by atoms with Gasteiger partial charge in [0, 0.05) is 0 Å². The van der Waals surface area contributed by atoms with Gasteiger partial charge in [-0.05, 0) is 99.2 Å². The molecular formula is C29H33FO3. The van der Waals surface area contributed by atoms with E-state index in [2.05, 4.69) is 6.92 Å². The average Bonchev–Trinajstić information content (AvgIpc) is 2.77. The highest BCUT2D eigenvalue weighted by molar-refractivity contribution is 5.91. The number of hydrogen-bond acceptors (Lipinski definition) is 3. The molecule has 0 radical (unpaired) electrons. The summed E-state index contributed by atoms with van der Waals surface area (Å²) >= 11 is 0. The molecule has 0 saturated carbocycles. The Bertz CT molecular complexity index is 1100. The third-order valence-electron chi connectivity index (χ3n) is 5.84. The van der Waals surface area contributed by atoms with Gasteiger partial charge in [-0.3, -0.25) is 0 Å². The van der Waals surface area contributed by atoms with Crippen molar-refractivity contribution in [2.45, 2.75) is 65.9 Å². The number of unbranched alkanes of at least 4 members (excludes halogenated alkanes) is 2. The van der Waals surface area contributed by atoms with Crippen molar-refractivity contribution in [2.24, 2.45) is 0 Å². The van der Waals surface area contributed by atoms with E-state index in [1.165, 1.54) is 6.07 Å². The number of carbonyl (C=O) groups is 1. The lowest BCUT2D eigenvalue weighted by Gasteiger charge is -2.27. The van der Waals surface area contributed by atoms with Crippen LogP contribution in [-0.4, -0.2) is 11.6 Å². The van der Waals surface area contributed by atoms with Crippen LogP contribution in [0.25, 0.3) is 11.1 Å². The molecule has 0 atom stereocenters. The van der Waals surface area contributed by atoms with Crippen molar-refractivity contribution >= 4 is 5.97 Å². The number of ether oxygens (including phenoxy) is 2. The summed E-state index contributed by atoms with van der Waals surface area (Å²) in [5.41, 5.74) is 3.82. The summed E-state index contributed by atoms with van der Waals surface area (Å²) in [6.07, 6.45) is 4.22. The SMILES string of the molecule is CCCCCC(C)(C)Oc1ccc(-c2ccc(OC(=O)c3ccc(C)c(C)c3)cc2)cc1F. The number of carbonyl (C=O) groups excluding carboxylic acids is 1. The predicted molar refractivity (Wildman–Crippen MR) is 132 cm³/mol. The van der Waals surface area contributed by atoms with Crippen LogP contribution in [0.5, 0.6) is 11.5 Å². The number of rotatable bonds is 9. The van der Waals surface area contributed by atoms with Crippen LogP contribution in [0.1, 0.15) is 67.9 Å². The molecular weight excluding hydrogens is 415 g/mol. The summed E-state index contributed by atoms with van der Waals surface area (Å²) in [6, 6.07) is 17.5. The molecule has 0 unspecified atom stereocenters. The Balaban J connectivity index is 1.67. The normalized spacial score (nSPS) is 11.3. The molecule has 3 aromatic carbocycles. The molecule has 0 amide bonds. The molecule has 3 nitrogen and oxygen atoms in total. The fraction of sp³-hybridized carbons (Fsp3) is 0.345. The highest BCUT2D eigenvalue weighted by atomic mass is 19.1. The van der Waals surface area contributed by atoms with Crippen LogP contribution >= 0.6 is 0 Å². The Morgan fingerprint density at radius 1 is 0.879 bits per heavy atom. The quantitative estimate of drug-likeness (QED) is 0.189. The minimum absolute atomic E-state index is 0.263. The van der Waals surface area contributed by atoms with Gasteiger partial charge in [0.05, 0.1) is 5.56 Å². The van der Waals surface area contributed by atoms with Crippen molar-refractivity contribution < 1.29 is 18.7 Å². The van der Waals surface area contributed by atoms with Crippen molar-refractivity contribution in [1.82, 2.24) is 0 Å². The van der Waals surface area contributed by atoms with Gasteiger partial charge in [0.1, 0.15) is 11.4 Å². The third-order valence-corrected chi connectivity index (χ3v) is 5.84. The Morgan fingerprint density at radius 3 is 2.21 bits per heavy atom. The van der Waals surface area contributed by atoms with E-state index in [0.29, 0.717) is 11.3 Å². The van der Waals surface area contributed by atoms with Crippen LogP contribution in [0.4, 0.5) is 4.39 Å². The Labute approximate surface area is 196 Å². The summed E-state index contributed by atoms with van der Waals surface area (Å²) < 4.78 is 26.2. The lowest BCUT2D eigenvalue weighted by molar-refractivity contribution is 0.0734. The lowest BCUT2D eigenvalue weighted by Crippen LogP contribution is -2.28. The maximum absolute atomic E-state index is 14.8. The van der Waals surface area contributed by atoms with Crippen LogP contribution in [0, 0.1) is 19.7 Å². The van der Waals surface area contributed by atoms with E-state index in [-0.39, 0.29) is 11.6 Å². The van der Waals surface area contributed by atoms with Crippen LogP contribution in [-0.2, 0) is 0 Å². The predicted octanol–water partition coefficient (Wildman–Crippen LogP) is 8.07. The zero-order valence-corrected chi connectivity index (χ0v) is 20.2. The zero-order chi connectivity index (χ0) is 24.0. The van der Waals surface area contributed by atoms with Crippen molar-refractivity contribution in [1.29, 1.82) is 0 Å². The number of aryl methyl sites for hydroxylation is 2. The van der Waals surface area contributed by atoms with Gasteiger partial charge in [-0.2, -0.15) is 0 Å². The molecule has 0 saturated heterocycles. The molecule has 0 spiro atoms. The molecule has 0 aromatic heterocycles. The van der Waals surface area contributed by atoms with Gasteiger partial charge in [0.25, 0.3) is 0 Å². The number of hydrogen-bond donors (Lipinski definition) is 0. The third kappa shape index (κ3) is 6.67. The van der Waals surface area contributed by atoms with E-state index >= 15 is 0 Å². The smallest absolute Gasteiger partial charge is 0.343 e. The number of benzene rings is 3. The second-order valence-electron chi connectivity index (χ2n) is 9.18. The largest absolute Gasteiger partial charge is 0.485 e. The van der Waals surface area contributed by atoms with Gasteiger partial charge >= 0.3 is 5.97 Å². The van der Waals surface area contributed by atoms with Gasteiger partial charge in [-0.25, -0.2) is 9.18 Å². The zero-order valence-electron chi connectivity index (χ0n) is 20.2. The molecule has 0 fully saturated rings. The first-order valence-corrected chi connectivity index (χ1v) is 11.6. The number of esters is 1. The topological polar surface area (TPSA) is 35.5 Å². The molecule has 0 N–H and O–H groups in total. The van der Waals surface area contributed by atoms with E-state index in [4.69, 9.17) is 9.47 Å². The summed E-state index contributed by atoms with van der Waals surface area (Å²) in [5.74, 6) is -0.0864. The van der Waals surface area contributed by atoms with Crippen molar-refractivity contribution in [3.05, 3.63) is 83.2 Å². The van der Waals surface area contributed by atoms with Gasteiger partial charge < -0.3 is 9.47 Å². The molecule has 0 aliphatic carbocycles. The Morgan fingerprint density at radius 2 is 1.58 bits per heavy atom. The van der Waals surface area contributed by atoms with E-state index in [1.54, 1.807) is 24.3 Å². The molecule has 3 aromatic rings. The highest BCUT2D eigenvalue weighted by Crippen LogP contribution is 2.30. The summed E-state index contributed by atoms with van der Waals surface area (Å²) in [5, 5.41) is 0. The maximum Gasteiger partial charge on any atom is 0.343 e. The first-order chi connectivity index (χ1) is 15.7. The van der Waals surface area contributed by atoms with Gasteiger partial charge in [-0.15, -0.1) is 0 Å². The molecule has 0 bridgehead atoms. The van der Waals surface area contributed by atoms with Crippen LogP contribution in [0.3, 0.4) is 0 Å². The molecule has 174 valence electrons. The second kappa shape index (κ2) is 10.7. The summed E-state index contributed by atoms with van der Waals surface area (Å²) in [6.45, 7) is 10.1. The average molecular weight is 449 g/mol. The molecule has 0 heterocycles. The van der Waals surface area contributed by atoms with Crippen molar-refractivity contribution in [3.63, 3.8) is 0 Å². The fourth-order valence-electron chi connectivity index (χ4n) is 3.66. The molecule has 0 aliphatic heterocycles. The van der Waals surface area contributed by atoms with Crippen LogP contribution in [0.15, 0.2) is 60.7 Å². The van der Waals surface area contributed by atoms with Gasteiger partial charge in [0.15, 0.2) is 11.6 Å². The minimum atomic E-state index is -0.418. The molecule has 3 rings (SSSR count). The first-order valence-electron chi connectivity index (χ1n) is 11.6. The standard InChI is InChI=1S/C29H33FO3/c1-6-7-8-17-29(4,5)33-27-16-13-23(19-26(27)30)22-11-14-25(15-12-22)32-28(31)24-10-9-20(2)21(3)18-24/h9-16,18-19H,6-8,17H2,1-5H3. The monoisotopic (exact) mass is 448 g/mol. The minimum Gasteiger partial charge on any atom is -0.485 e. The first kappa shape index (κ1) is 24.5. The van der Waals surface area contributed by atoms with E-state index in [9.17, 15) is 9.18 Å². The second-order valence-corrected chi connectivity index (χ2v) is 9.18. The Hall–Kier alpha value is -3.14. The Kier molecular flexibility index (Phi) is 7.91.